The van der Waals surface area contributed by atoms with Gasteiger partial charge >= 0.3 is 6.09 Å². The smallest absolute Gasteiger partial charge is 0.405 e. The minimum atomic E-state index is -1.24. The van der Waals surface area contributed by atoms with E-state index in [4.69, 9.17) is 14.2 Å². The molecule has 0 unspecified atom stereocenters. The molecular formula is C34H42F2N4O7. The molecule has 5 rings (SSSR count). The molecule has 0 radical (unpaired) electrons. The van der Waals surface area contributed by atoms with Gasteiger partial charge < -0.3 is 39.0 Å². The number of hydrogen-bond acceptors (Lipinski definition) is 6. The molecule has 1 atom stereocenters. The van der Waals surface area contributed by atoms with Crippen molar-refractivity contribution in [2.75, 3.05) is 52.6 Å². The number of aromatic nitrogens is 1. The van der Waals surface area contributed by atoms with Gasteiger partial charge in [0, 0.05) is 44.7 Å². The molecular weight excluding hydrogens is 614 g/mol. The van der Waals surface area contributed by atoms with E-state index in [1.54, 1.807) is 16.8 Å². The van der Waals surface area contributed by atoms with Crippen LogP contribution in [0.1, 0.15) is 48.2 Å². The highest BCUT2D eigenvalue weighted by Gasteiger charge is 2.36. The second-order valence-electron chi connectivity index (χ2n) is 12.0. The fraction of sp³-hybridized carbons (Fsp3) is 0.500. The van der Waals surface area contributed by atoms with Gasteiger partial charge in [-0.1, -0.05) is 49.6 Å². The van der Waals surface area contributed by atoms with Gasteiger partial charge in [0.2, 0.25) is 5.91 Å². The zero-order valence-corrected chi connectivity index (χ0v) is 26.6. The summed E-state index contributed by atoms with van der Waals surface area (Å²) in [6.45, 7) is 2.23. The molecule has 2 aromatic carbocycles. The van der Waals surface area contributed by atoms with Crippen molar-refractivity contribution >= 4 is 28.8 Å². The van der Waals surface area contributed by atoms with Crippen molar-refractivity contribution in [2.45, 2.75) is 44.8 Å². The number of carbonyl (C=O) groups is 3. The Hall–Kier alpha value is -4.23. The number of nitrogens with one attached hydrogen (secondary N) is 1. The largest absolute Gasteiger partial charge is 0.488 e. The Labute approximate surface area is 272 Å². The van der Waals surface area contributed by atoms with E-state index in [9.17, 15) is 28.3 Å². The third kappa shape index (κ3) is 8.38. The van der Waals surface area contributed by atoms with Crippen LogP contribution in [0.15, 0.2) is 42.5 Å². The summed E-state index contributed by atoms with van der Waals surface area (Å²) in [7, 11) is 1.59. The number of hydrogen-bond donors (Lipinski definition) is 2. The molecule has 13 heteroatoms. The molecule has 254 valence electrons. The molecule has 2 aliphatic rings. The molecule has 0 spiro atoms. The van der Waals surface area contributed by atoms with Crippen LogP contribution in [-0.4, -0.2) is 96.0 Å². The Morgan fingerprint density at radius 3 is 2.23 bits per heavy atom. The zero-order chi connectivity index (χ0) is 33.3. The average Bonchev–Trinajstić information content (AvgIpc) is 3.34. The van der Waals surface area contributed by atoms with E-state index in [2.05, 4.69) is 5.32 Å². The molecule has 0 bridgehead atoms. The highest BCUT2D eigenvalue weighted by Crippen LogP contribution is 2.35. The van der Waals surface area contributed by atoms with Gasteiger partial charge in [-0.25, -0.2) is 13.6 Å². The SMILES string of the molecule is Cn1c(C(=O)N2CCN(C(=O)[C@@H](NC(=O)O)C3CCCCC3)CC2)c(OCCOCCOCc2ccccc2)c2cc(F)c(F)cc21. The zero-order valence-electron chi connectivity index (χ0n) is 26.6. The van der Waals surface area contributed by atoms with E-state index < -0.39 is 29.7 Å². The second kappa shape index (κ2) is 16.1. The van der Waals surface area contributed by atoms with E-state index in [1.807, 2.05) is 30.3 Å². The maximum absolute atomic E-state index is 14.4. The number of nitrogens with zero attached hydrogens (tertiary/aromatic N) is 3. The van der Waals surface area contributed by atoms with Crippen LogP contribution in [0.3, 0.4) is 0 Å². The molecule has 1 aromatic heterocycles. The van der Waals surface area contributed by atoms with Crippen LogP contribution in [0, 0.1) is 17.6 Å². The number of fused-ring (bicyclic) bond motifs is 1. The van der Waals surface area contributed by atoms with Gasteiger partial charge in [0.25, 0.3) is 5.91 Å². The standard InChI is InChI=1S/C34H42F2N4O7/c1-38-28-21-27(36)26(35)20-25(28)31(47-19-18-45-16-17-46-22-23-8-4-2-5-9-23)30(38)33(42)40-14-12-39(13-15-40)32(41)29(37-34(43)44)24-10-6-3-7-11-24/h2,4-5,8-9,20-21,24,29,37H,3,6-7,10-19,22H2,1H3,(H,43,44)/t29-/m0/s1. The summed E-state index contributed by atoms with van der Waals surface area (Å²) in [5.74, 6) is -2.73. The van der Waals surface area contributed by atoms with E-state index in [1.165, 1.54) is 4.57 Å². The molecule has 1 aliphatic heterocycles. The number of carbonyl (C=O) groups excluding carboxylic acids is 2. The summed E-state index contributed by atoms with van der Waals surface area (Å²) in [6, 6.07) is 11.0. The van der Waals surface area contributed by atoms with E-state index in [0.717, 1.165) is 49.8 Å². The molecule has 1 aliphatic carbocycles. The first-order chi connectivity index (χ1) is 22.7. The van der Waals surface area contributed by atoms with Gasteiger partial charge in [-0.3, -0.25) is 9.59 Å². The maximum atomic E-state index is 14.4. The molecule has 2 heterocycles. The molecule has 2 N–H and O–H groups in total. The number of carboxylic acid groups (broad SMARTS) is 1. The average molecular weight is 657 g/mol. The van der Waals surface area contributed by atoms with E-state index in [0.29, 0.717) is 25.3 Å². The first-order valence-corrected chi connectivity index (χ1v) is 16.1. The minimum Gasteiger partial charge on any atom is -0.488 e. The highest BCUT2D eigenvalue weighted by atomic mass is 19.2. The summed E-state index contributed by atoms with van der Waals surface area (Å²) < 4.78 is 47.3. The second-order valence-corrected chi connectivity index (χ2v) is 12.0. The molecule has 3 amide bonds. The lowest BCUT2D eigenvalue weighted by molar-refractivity contribution is -0.136. The van der Waals surface area contributed by atoms with Crippen molar-refractivity contribution in [3.05, 3.63) is 65.4 Å². The minimum absolute atomic E-state index is 0.0541. The van der Waals surface area contributed by atoms with Crippen LogP contribution in [0.5, 0.6) is 5.75 Å². The monoisotopic (exact) mass is 656 g/mol. The molecule has 47 heavy (non-hydrogen) atoms. The first-order valence-electron chi connectivity index (χ1n) is 16.1. The van der Waals surface area contributed by atoms with Gasteiger partial charge in [0.05, 0.1) is 31.9 Å². The van der Waals surface area contributed by atoms with Crippen molar-refractivity contribution in [2.24, 2.45) is 13.0 Å². The number of amides is 3. The summed E-state index contributed by atoms with van der Waals surface area (Å²) in [5, 5.41) is 12.1. The van der Waals surface area contributed by atoms with Crippen LogP contribution in [0.4, 0.5) is 13.6 Å². The number of aryl methyl sites for hydroxylation is 1. The lowest BCUT2D eigenvalue weighted by Crippen LogP contribution is -2.57. The quantitative estimate of drug-likeness (QED) is 0.259. The van der Waals surface area contributed by atoms with E-state index in [-0.39, 0.29) is 68.0 Å². The normalized spacial score (nSPS) is 16.3. The predicted octanol–water partition coefficient (Wildman–Crippen LogP) is 4.57. The lowest BCUT2D eigenvalue weighted by Gasteiger charge is -2.38. The Morgan fingerprint density at radius 1 is 0.894 bits per heavy atom. The number of halogens is 2. The molecule has 1 saturated carbocycles. The summed E-state index contributed by atoms with van der Waals surface area (Å²) in [4.78, 5) is 42.0. The van der Waals surface area contributed by atoms with Gasteiger partial charge in [-0.05, 0) is 30.4 Å². The maximum Gasteiger partial charge on any atom is 0.405 e. The fourth-order valence-corrected chi connectivity index (χ4v) is 6.43. The Bertz CT molecular complexity index is 1540. The third-order valence-electron chi connectivity index (χ3n) is 8.90. The summed E-state index contributed by atoms with van der Waals surface area (Å²) in [6.07, 6.45) is 3.32. The topological polar surface area (TPSA) is 123 Å². The van der Waals surface area contributed by atoms with Crippen LogP contribution in [0.25, 0.3) is 10.9 Å². The predicted molar refractivity (Wildman–Crippen MR) is 169 cm³/mol. The highest BCUT2D eigenvalue weighted by molar-refractivity contribution is 6.04. The molecule has 11 nitrogen and oxygen atoms in total. The van der Waals surface area contributed by atoms with Crippen molar-refractivity contribution in [1.82, 2.24) is 19.7 Å². The number of rotatable bonds is 13. The third-order valence-corrected chi connectivity index (χ3v) is 8.90. The molecule has 3 aromatic rings. The molecule has 1 saturated heterocycles. The van der Waals surface area contributed by atoms with Crippen molar-refractivity contribution in [3.63, 3.8) is 0 Å². The number of ether oxygens (including phenoxy) is 3. The van der Waals surface area contributed by atoms with Crippen molar-refractivity contribution in [3.8, 4) is 5.75 Å². The lowest BCUT2D eigenvalue weighted by atomic mass is 9.83. The summed E-state index contributed by atoms with van der Waals surface area (Å²) in [5.41, 5.74) is 1.48. The summed E-state index contributed by atoms with van der Waals surface area (Å²) >= 11 is 0. The number of benzene rings is 2. The number of piperazine rings is 1. The Balaban J connectivity index is 1.21. The Kier molecular flexibility index (Phi) is 11.6. The van der Waals surface area contributed by atoms with E-state index >= 15 is 0 Å². The van der Waals surface area contributed by atoms with Gasteiger partial charge in [0.15, 0.2) is 23.1 Å². The Morgan fingerprint density at radius 2 is 1.53 bits per heavy atom. The van der Waals surface area contributed by atoms with Crippen LogP contribution in [0.2, 0.25) is 0 Å². The van der Waals surface area contributed by atoms with Crippen molar-refractivity contribution in [1.29, 1.82) is 0 Å². The fourth-order valence-electron chi connectivity index (χ4n) is 6.43. The van der Waals surface area contributed by atoms with Gasteiger partial charge in [-0.15, -0.1) is 0 Å². The van der Waals surface area contributed by atoms with Crippen LogP contribution in [-0.2, 0) is 27.9 Å². The molecule has 2 fully saturated rings. The van der Waals surface area contributed by atoms with Gasteiger partial charge in [-0.2, -0.15) is 0 Å². The van der Waals surface area contributed by atoms with Crippen molar-refractivity contribution < 1.29 is 42.5 Å². The van der Waals surface area contributed by atoms with Crippen LogP contribution >= 0.6 is 0 Å². The first kappa shape index (κ1) is 34.1. The van der Waals surface area contributed by atoms with Crippen LogP contribution < -0.4 is 10.1 Å². The van der Waals surface area contributed by atoms with Gasteiger partial charge in [0.1, 0.15) is 12.6 Å².